The predicted molar refractivity (Wildman–Crippen MR) is 231 cm³/mol. The second kappa shape index (κ2) is 15.8. The number of esters is 4. The lowest BCUT2D eigenvalue weighted by molar-refractivity contribution is -0.132. The van der Waals surface area contributed by atoms with Crippen molar-refractivity contribution in [2.75, 3.05) is 0 Å². The van der Waals surface area contributed by atoms with Gasteiger partial charge in [0.1, 0.15) is 34.5 Å². The normalized spacial score (nSPS) is 16.7. The van der Waals surface area contributed by atoms with Crippen LogP contribution in [-0.4, -0.2) is 23.9 Å². The summed E-state index contributed by atoms with van der Waals surface area (Å²) in [4.78, 5) is 51.8. The van der Waals surface area contributed by atoms with Gasteiger partial charge in [-0.25, -0.2) is 9.59 Å². The largest absolute Gasteiger partial charge is 0.436 e. The molecule has 306 valence electrons. The molecule has 2 unspecified atom stereocenters. The Kier molecular flexibility index (Phi) is 10.2. The monoisotopic (exact) mass is 862 g/mol. The first-order chi connectivity index (χ1) is 29.9. The van der Waals surface area contributed by atoms with E-state index in [0.717, 1.165) is 11.1 Å². The van der Waals surface area contributed by atoms with Crippen LogP contribution in [0.4, 0.5) is 0 Å². The molecule has 0 saturated carbocycles. The summed E-state index contributed by atoms with van der Waals surface area (Å²) in [7, 11) is -8.10. The Morgan fingerprint density at radius 1 is 0.403 bits per heavy atom. The molecule has 0 radical (unpaired) electrons. The fourth-order valence-electron chi connectivity index (χ4n) is 7.36. The first-order valence-corrected chi connectivity index (χ1v) is 22.3. The second-order valence-electron chi connectivity index (χ2n) is 14.1. The maximum atomic E-state index is 15.2. The molecule has 0 N–H and O–H groups in total. The van der Waals surface area contributed by atoms with Gasteiger partial charge in [0, 0.05) is 25.0 Å². The van der Waals surface area contributed by atoms with Gasteiger partial charge < -0.3 is 28.0 Å². The highest BCUT2D eigenvalue weighted by Gasteiger charge is 2.42. The predicted octanol–water partition coefficient (Wildman–Crippen LogP) is 8.55. The second-order valence-corrected chi connectivity index (χ2v) is 18.6. The Labute approximate surface area is 354 Å². The van der Waals surface area contributed by atoms with Crippen molar-refractivity contribution >= 4 is 59.8 Å². The minimum Gasteiger partial charge on any atom is -0.436 e. The molecule has 2 aliphatic rings. The Morgan fingerprint density at radius 3 is 1.32 bits per heavy atom. The van der Waals surface area contributed by atoms with E-state index in [9.17, 15) is 19.2 Å². The van der Waals surface area contributed by atoms with E-state index in [1.165, 1.54) is 74.5 Å². The molecule has 0 saturated heterocycles. The molecular weight excluding hydrogens is 830 g/mol. The number of fused-ring (bicyclic) bond motifs is 6. The van der Waals surface area contributed by atoms with Crippen molar-refractivity contribution in [1.29, 1.82) is 0 Å². The summed E-state index contributed by atoms with van der Waals surface area (Å²) in [6.45, 7) is 2.43. The van der Waals surface area contributed by atoms with Crippen molar-refractivity contribution in [3.05, 3.63) is 169 Å². The molecule has 7 aromatic rings. The minimum absolute atomic E-state index is 0.0140. The number of benzene rings is 7. The molecule has 7 aromatic carbocycles. The maximum Gasteiger partial charge on any atom is 0.343 e. The SMILES string of the molecule is CC(=O)Oc1ccc(OC(=O)c2cccc(C(=O)Oc3ccc(OC(C)=O)c(P4(=O)Oc5ccccc5-c5ccccc54)c3)c2)c(P2(=O)Oc3ccccc3-c3ccccc32)c1. The molecule has 0 aromatic heterocycles. The molecule has 14 heteroatoms. The van der Waals surface area contributed by atoms with E-state index in [1.54, 1.807) is 48.5 Å². The highest BCUT2D eigenvalue weighted by atomic mass is 31.2. The number of para-hydroxylation sites is 2. The zero-order chi connectivity index (χ0) is 43.2. The van der Waals surface area contributed by atoms with Crippen LogP contribution in [0.3, 0.4) is 0 Å². The number of carbonyl (C=O) groups is 4. The van der Waals surface area contributed by atoms with Crippen molar-refractivity contribution in [2.45, 2.75) is 13.8 Å². The average molecular weight is 863 g/mol. The number of hydrogen-bond donors (Lipinski definition) is 0. The van der Waals surface area contributed by atoms with Crippen LogP contribution in [0.25, 0.3) is 22.3 Å². The van der Waals surface area contributed by atoms with Gasteiger partial charge in [-0.15, -0.1) is 0 Å². The number of carbonyl (C=O) groups excluding carboxylic acids is 4. The van der Waals surface area contributed by atoms with Crippen LogP contribution in [0.5, 0.6) is 34.5 Å². The highest BCUT2D eigenvalue weighted by molar-refractivity contribution is 7.75. The molecule has 0 amide bonds. The smallest absolute Gasteiger partial charge is 0.343 e. The third-order valence-electron chi connectivity index (χ3n) is 10.0. The molecule has 2 aliphatic heterocycles. The standard InChI is InChI=1S/C48H32O12P2/c1-29(49)55-33-22-25-42(46(27-33)62(54)44-21-10-6-17-38(44)36-15-4-8-19-40(36)60-62)58-48(52)32-13-11-12-31(26-32)47(51)57-34-23-24-41(56-30(2)50)45(28-34)61(53)43-20-9-5-16-37(43)35-14-3-7-18-39(35)59-61/h3-28H,1-2H3. The quantitative estimate of drug-likeness (QED) is 0.0816. The van der Waals surface area contributed by atoms with E-state index < -0.39 is 38.6 Å². The van der Waals surface area contributed by atoms with Crippen LogP contribution in [0.15, 0.2) is 158 Å². The lowest BCUT2D eigenvalue weighted by Crippen LogP contribution is -2.27. The summed E-state index contributed by atoms with van der Waals surface area (Å²) in [5.41, 5.74) is 2.65. The van der Waals surface area contributed by atoms with E-state index >= 15 is 9.13 Å². The lowest BCUT2D eigenvalue weighted by atomic mass is 10.0. The van der Waals surface area contributed by atoms with Gasteiger partial charge in [0.05, 0.1) is 32.3 Å². The third kappa shape index (κ3) is 7.25. The first-order valence-electron chi connectivity index (χ1n) is 19.1. The fraction of sp³-hybridized carbons (Fsp3) is 0.0417. The maximum absolute atomic E-state index is 15.2. The molecule has 2 atom stereocenters. The van der Waals surface area contributed by atoms with Crippen molar-refractivity contribution in [3.63, 3.8) is 0 Å². The molecule has 12 nitrogen and oxygen atoms in total. The first kappa shape index (κ1) is 39.9. The van der Waals surface area contributed by atoms with Crippen LogP contribution in [0.1, 0.15) is 34.6 Å². The molecular formula is C48H32O12P2. The van der Waals surface area contributed by atoms with Gasteiger partial charge in [0.25, 0.3) is 0 Å². The number of ether oxygens (including phenoxy) is 4. The summed E-state index contributed by atoms with van der Waals surface area (Å²) in [6.07, 6.45) is 0. The topological polar surface area (TPSA) is 158 Å². The zero-order valence-corrected chi connectivity index (χ0v) is 34.6. The minimum atomic E-state index is -4.07. The molecule has 0 aliphatic carbocycles. The van der Waals surface area contributed by atoms with Gasteiger partial charge in [0.2, 0.25) is 0 Å². The van der Waals surface area contributed by atoms with Crippen LogP contribution in [0, 0.1) is 0 Å². The van der Waals surface area contributed by atoms with E-state index in [4.69, 9.17) is 28.0 Å². The van der Waals surface area contributed by atoms with Crippen LogP contribution in [-0.2, 0) is 18.7 Å². The molecule has 62 heavy (non-hydrogen) atoms. The highest BCUT2D eigenvalue weighted by Crippen LogP contribution is 2.57. The van der Waals surface area contributed by atoms with E-state index in [0.29, 0.717) is 33.2 Å². The average Bonchev–Trinajstić information content (AvgIpc) is 3.27. The van der Waals surface area contributed by atoms with Crippen molar-refractivity contribution in [3.8, 4) is 56.8 Å². The molecule has 0 bridgehead atoms. The van der Waals surface area contributed by atoms with Crippen LogP contribution < -0.4 is 49.2 Å². The van der Waals surface area contributed by atoms with Gasteiger partial charge >= 0.3 is 38.6 Å². The fourth-order valence-corrected chi connectivity index (χ4v) is 12.1. The van der Waals surface area contributed by atoms with Crippen molar-refractivity contribution in [1.82, 2.24) is 0 Å². The molecule has 0 spiro atoms. The van der Waals surface area contributed by atoms with Gasteiger partial charge in [0.15, 0.2) is 0 Å². The molecule has 2 heterocycles. The Hall–Kier alpha value is -7.52. The Morgan fingerprint density at radius 2 is 0.823 bits per heavy atom. The van der Waals surface area contributed by atoms with Crippen LogP contribution >= 0.6 is 14.7 Å². The van der Waals surface area contributed by atoms with Gasteiger partial charge in [-0.3, -0.25) is 18.7 Å². The summed E-state index contributed by atoms with van der Waals surface area (Å²) >= 11 is 0. The van der Waals surface area contributed by atoms with Gasteiger partial charge in [-0.2, -0.15) is 0 Å². The Bertz CT molecular complexity index is 3120. The molecule has 0 fully saturated rings. The summed E-state index contributed by atoms with van der Waals surface area (Å²) in [5.74, 6) is -2.59. The Balaban J connectivity index is 1.02. The van der Waals surface area contributed by atoms with Crippen LogP contribution in [0.2, 0.25) is 0 Å². The third-order valence-corrected chi connectivity index (χ3v) is 14.9. The van der Waals surface area contributed by atoms with E-state index in [1.807, 2.05) is 48.5 Å². The van der Waals surface area contributed by atoms with Crippen molar-refractivity contribution in [2.24, 2.45) is 0 Å². The summed E-state index contributed by atoms with van der Waals surface area (Å²) < 4.78 is 65.2. The number of rotatable bonds is 8. The van der Waals surface area contributed by atoms with Crippen molar-refractivity contribution < 1.29 is 56.3 Å². The molecule has 9 rings (SSSR count). The van der Waals surface area contributed by atoms with E-state index in [2.05, 4.69) is 0 Å². The lowest BCUT2D eigenvalue weighted by Gasteiger charge is -2.29. The van der Waals surface area contributed by atoms with Gasteiger partial charge in [-0.05, 0) is 90.0 Å². The summed E-state index contributed by atoms with van der Waals surface area (Å²) in [6, 6.07) is 41.9. The zero-order valence-electron chi connectivity index (χ0n) is 32.8. The number of hydrogen-bond acceptors (Lipinski definition) is 12. The summed E-state index contributed by atoms with van der Waals surface area (Å²) in [5, 5.41) is 0.654. The van der Waals surface area contributed by atoms with Gasteiger partial charge in [-0.1, -0.05) is 78.9 Å². The van der Waals surface area contributed by atoms with E-state index in [-0.39, 0.29) is 44.7 Å².